The molecule has 2 fully saturated rings. The third-order valence-electron chi connectivity index (χ3n) is 7.57. The van der Waals surface area contributed by atoms with Crippen LogP contribution in [0.2, 0.25) is 0 Å². The number of hydrogen-bond acceptors (Lipinski definition) is 6. The summed E-state index contributed by atoms with van der Waals surface area (Å²) in [5, 5.41) is 0. The Bertz CT molecular complexity index is 1260. The van der Waals surface area contributed by atoms with Crippen molar-refractivity contribution in [1.82, 2.24) is 0 Å². The first kappa shape index (κ1) is 38.7. The second kappa shape index (κ2) is 22.1. The van der Waals surface area contributed by atoms with Crippen molar-refractivity contribution in [2.75, 3.05) is 0 Å². The van der Waals surface area contributed by atoms with Gasteiger partial charge in [0.25, 0.3) is 0 Å². The first-order valence-electron chi connectivity index (χ1n) is 16.7. The fraction of sp³-hybridized carbons (Fsp3) is 0.487. The first-order chi connectivity index (χ1) is 22.1. The monoisotopic (exact) mass is 648 g/mol. The fourth-order valence-corrected chi connectivity index (χ4v) is 5.26. The van der Waals surface area contributed by atoms with Crippen molar-refractivity contribution in [3.05, 3.63) is 101 Å². The lowest BCUT2D eigenvalue weighted by atomic mass is 9.97. The Morgan fingerprint density at radius 1 is 0.630 bits per heavy atom. The van der Waals surface area contributed by atoms with Gasteiger partial charge in [-0.25, -0.2) is 14.2 Å². The number of hydrogen-bond donors (Lipinski definition) is 0. The zero-order valence-corrected chi connectivity index (χ0v) is 29.5. The second-order valence-electron chi connectivity index (χ2n) is 12.7. The molecule has 6 nitrogen and oxygen atoms in total. The molecule has 0 atom stereocenters. The smallest absolute Gasteiger partial charge is 0.395 e. The molecule has 2 aliphatic carbocycles. The van der Waals surface area contributed by atoms with Crippen LogP contribution < -0.4 is 4.52 Å². The van der Waals surface area contributed by atoms with Crippen LogP contribution in [0.15, 0.2) is 72.8 Å². The van der Waals surface area contributed by atoms with Crippen LogP contribution in [0.3, 0.4) is 0 Å². The molecule has 250 valence electrons. The minimum absolute atomic E-state index is 0.0197. The fourth-order valence-electron chi connectivity index (χ4n) is 5.05. The van der Waals surface area contributed by atoms with Crippen molar-refractivity contribution in [1.29, 1.82) is 0 Å². The van der Waals surface area contributed by atoms with Crippen molar-refractivity contribution in [3.63, 3.8) is 0 Å². The van der Waals surface area contributed by atoms with Gasteiger partial charge in [-0.3, -0.25) is 0 Å². The van der Waals surface area contributed by atoms with E-state index in [2.05, 4.69) is 64.3 Å². The highest BCUT2D eigenvalue weighted by Gasteiger charge is 2.25. The molecule has 0 amide bonds. The van der Waals surface area contributed by atoms with E-state index < -0.39 is 11.9 Å². The highest BCUT2D eigenvalue weighted by molar-refractivity contribution is 7.17. The van der Waals surface area contributed by atoms with Crippen molar-refractivity contribution >= 4 is 20.6 Å². The van der Waals surface area contributed by atoms with Crippen LogP contribution in [0, 0.1) is 26.7 Å². The molecule has 3 aromatic rings. The van der Waals surface area contributed by atoms with Gasteiger partial charge in [-0.05, 0) is 113 Å². The van der Waals surface area contributed by atoms with E-state index in [1.807, 2.05) is 18.2 Å². The molecule has 0 aliphatic heterocycles. The number of ether oxygens (including phenoxy) is 2. The van der Waals surface area contributed by atoms with Crippen molar-refractivity contribution in [2.24, 2.45) is 5.92 Å². The third-order valence-corrected chi connectivity index (χ3v) is 7.85. The van der Waals surface area contributed by atoms with Gasteiger partial charge in [0.15, 0.2) is 0 Å². The highest BCUT2D eigenvalue weighted by atomic mass is 31.1. The van der Waals surface area contributed by atoms with E-state index in [0.717, 1.165) is 57.3 Å². The predicted molar refractivity (Wildman–Crippen MR) is 187 cm³/mol. The van der Waals surface area contributed by atoms with Crippen LogP contribution in [0.1, 0.15) is 122 Å². The van der Waals surface area contributed by atoms with Gasteiger partial charge >= 0.3 is 20.6 Å². The Balaban J connectivity index is 0.000000273. The highest BCUT2D eigenvalue weighted by Crippen LogP contribution is 2.24. The van der Waals surface area contributed by atoms with Crippen LogP contribution in [-0.2, 0) is 14.0 Å². The summed E-state index contributed by atoms with van der Waals surface area (Å²) in [6.07, 6.45) is 10.4. The lowest BCUT2D eigenvalue weighted by molar-refractivity contribution is 0.0164. The molecule has 46 heavy (non-hydrogen) atoms. The van der Waals surface area contributed by atoms with Crippen LogP contribution in [0.4, 0.5) is 0 Å². The SMILES string of the molecule is CC(C)C.Cc1ccc(C)c(C)c1.O=C(OC1CCCCC1)c1ccccc1C(=O)OC1CCCCC1.O=POc1ccccc1. The summed E-state index contributed by atoms with van der Waals surface area (Å²) in [7, 11) is -0.305. The maximum absolute atomic E-state index is 12.5. The second-order valence-corrected chi connectivity index (χ2v) is 13.0. The zero-order valence-electron chi connectivity index (χ0n) is 28.6. The van der Waals surface area contributed by atoms with Crippen molar-refractivity contribution in [3.8, 4) is 5.75 Å². The normalized spacial score (nSPS) is 14.8. The molecule has 0 heterocycles. The number of carbonyl (C=O) groups excluding carboxylic acids is 2. The molecule has 2 aliphatic rings. The molecule has 0 bridgehead atoms. The first-order valence-corrected chi connectivity index (χ1v) is 17.4. The molecule has 0 saturated heterocycles. The Morgan fingerprint density at radius 3 is 1.46 bits per heavy atom. The third kappa shape index (κ3) is 15.7. The number of rotatable bonds is 6. The Morgan fingerprint density at radius 2 is 1.07 bits per heavy atom. The summed E-state index contributed by atoms with van der Waals surface area (Å²) in [4.78, 5) is 25.0. The molecular weight excluding hydrogens is 595 g/mol. The molecule has 2 saturated carbocycles. The van der Waals surface area contributed by atoms with Crippen molar-refractivity contribution in [2.45, 2.75) is 118 Å². The number of aryl methyl sites for hydroxylation is 3. The van der Waals surface area contributed by atoms with E-state index >= 15 is 0 Å². The van der Waals surface area contributed by atoms with Crippen LogP contribution in [0.5, 0.6) is 5.75 Å². The molecule has 7 heteroatoms. The largest absolute Gasteiger partial charge is 0.459 e. The Hall–Kier alpha value is -3.50. The Kier molecular flexibility index (Phi) is 18.6. The summed E-state index contributed by atoms with van der Waals surface area (Å²) in [6, 6.07) is 22.3. The minimum atomic E-state index is -0.405. The van der Waals surface area contributed by atoms with Gasteiger partial charge in [-0.2, -0.15) is 0 Å². The number of carbonyl (C=O) groups is 2. The molecule has 0 aromatic heterocycles. The maximum atomic E-state index is 12.5. The summed E-state index contributed by atoms with van der Waals surface area (Å²) in [6.45, 7) is 12.9. The average molecular weight is 649 g/mol. The number of benzene rings is 3. The predicted octanol–water partition coefficient (Wildman–Crippen LogP) is 11.2. The van der Waals surface area contributed by atoms with Crippen LogP contribution >= 0.6 is 8.69 Å². The molecule has 3 aromatic carbocycles. The molecular formula is C39H53O6P. The summed E-state index contributed by atoms with van der Waals surface area (Å²) < 4.78 is 25.7. The van der Waals surface area contributed by atoms with Crippen LogP contribution in [-0.4, -0.2) is 24.1 Å². The van der Waals surface area contributed by atoms with Gasteiger partial charge in [0.2, 0.25) is 0 Å². The van der Waals surface area contributed by atoms with Gasteiger partial charge in [-0.15, -0.1) is 0 Å². The molecule has 0 spiro atoms. The van der Waals surface area contributed by atoms with E-state index in [0.29, 0.717) is 16.9 Å². The van der Waals surface area contributed by atoms with Crippen LogP contribution in [0.25, 0.3) is 0 Å². The number of esters is 2. The van der Waals surface area contributed by atoms with E-state index in [1.54, 1.807) is 36.4 Å². The standard InChI is InChI=1S/C20H26O4.C9H12.C6H5O2P.C4H10/c21-19(23-15-9-3-1-4-10-15)17-13-7-8-14-18(17)20(22)24-16-11-5-2-6-12-16;1-7-4-5-8(2)9(3)6-7;7-9-8-6-4-2-1-3-5-6;1-4(2)3/h7-8,13-16H,1-6,9-12H2;4-6H,1-3H3;1-5H;4H,1-3H3. The van der Waals surface area contributed by atoms with Gasteiger partial charge in [0, 0.05) is 0 Å². The van der Waals surface area contributed by atoms with Gasteiger partial charge in [0.05, 0.1) is 11.1 Å². The van der Waals surface area contributed by atoms with E-state index in [-0.39, 0.29) is 20.9 Å². The summed E-state index contributed by atoms with van der Waals surface area (Å²) >= 11 is 0. The average Bonchev–Trinajstić information content (AvgIpc) is 3.05. The topological polar surface area (TPSA) is 78.9 Å². The molecule has 5 rings (SSSR count). The minimum Gasteiger partial charge on any atom is -0.459 e. The van der Waals surface area contributed by atoms with Gasteiger partial charge < -0.3 is 14.0 Å². The quantitative estimate of drug-likeness (QED) is 0.195. The summed E-state index contributed by atoms with van der Waals surface area (Å²) in [5.74, 6) is 0.644. The zero-order chi connectivity index (χ0) is 33.7. The number of para-hydroxylation sites is 1. The Labute approximate surface area is 278 Å². The molecule has 0 radical (unpaired) electrons. The summed E-state index contributed by atoms with van der Waals surface area (Å²) in [5.41, 5.74) is 4.75. The van der Waals surface area contributed by atoms with Gasteiger partial charge in [0.1, 0.15) is 18.0 Å². The van der Waals surface area contributed by atoms with Crippen molar-refractivity contribution < 1.29 is 28.2 Å². The molecule has 0 N–H and O–H groups in total. The lowest BCUT2D eigenvalue weighted by Crippen LogP contribution is -2.24. The lowest BCUT2D eigenvalue weighted by Gasteiger charge is -2.23. The van der Waals surface area contributed by atoms with E-state index in [1.165, 1.54) is 29.5 Å². The van der Waals surface area contributed by atoms with E-state index in [4.69, 9.17) is 9.47 Å². The van der Waals surface area contributed by atoms with E-state index in [9.17, 15) is 14.2 Å². The molecule has 0 unspecified atom stereocenters. The maximum Gasteiger partial charge on any atom is 0.395 e. The van der Waals surface area contributed by atoms with Gasteiger partial charge in [-0.1, -0.05) is 87.7 Å².